The molecule has 0 saturated heterocycles. The van der Waals surface area contributed by atoms with Crippen molar-refractivity contribution in [3.63, 3.8) is 0 Å². The average Bonchev–Trinajstić information content (AvgIpc) is 3.40. The average molecular weight is 521 g/mol. The number of rotatable bonds is 5. The molecule has 3 aromatic carbocycles. The highest BCUT2D eigenvalue weighted by Gasteiger charge is 2.32. The Kier molecular flexibility index (Phi) is 6.06. The molecule has 7 nitrogen and oxygen atoms in total. The summed E-state index contributed by atoms with van der Waals surface area (Å²) in [5, 5.41) is 19.9. The summed E-state index contributed by atoms with van der Waals surface area (Å²) >= 11 is 7.70. The normalized spacial score (nSPS) is 12.9. The van der Waals surface area contributed by atoms with Crippen LogP contribution in [0.15, 0.2) is 48.5 Å². The zero-order valence-corrected chi connectivity index (χ0v) is 22.1. The molecular weight excluding hydrogens is 496 g/mol. The largest absolute Gasteiger partial charge is 0.479 e. The third-order valence-corrected chi connectivity index (χ3v) is 7.27. The minimum atomic E-state index is -1.15. The Morgan fingerprint density at radius 2 is 1.78 bits per heavy atom. The van der Waals surface area contributed by atoms with Gasteiger partial charge in [0, 0.05) is 28.8 Å². The fourth-order valence-electron chi connectivity index (χ4n) is 4.33. The predicted molar refractivity (Wildman–Crippen MR) is 144 cm³/mol. The SMILES string of the molecule is Cc1cc2nc(-c3ccc4nnn(C)c4c3)sc2c(-c2ccc(Cl)cc2)c1[C@H](OC(C)(C)C)C(=O)O. The van der Waals surface area contributed by atoms with Crippen molar-refractivity contribution in [2.24, 2.45) is 7.05 Å². The number of ether oxygens (including phenoxy) is 1. The fraction of sp³-hybridized carbons (Fsp3) is 0.259. The molecule has 2 heterocycles. The van der Waals surface area contributed by atoms with Crippen molar-refractivity contribution in [3.05, 3.63) is 64.7 Å². The number of nitrogens with zero attached hydrogens (tertiary/aromatic N) is 4. The van der Waals surface area contributed by atoms with E-state index in [0.717, 1.165) is 48.5 Å². The van der Waals surface area contributed by atoms with Gasteiger partial charge < -0.3 is 9.84 Å². The summed E-state index contributed by atoms with van der Waals surface area (Å²) in [7, 11) is 1.85. The number of aryl methyl sites for hydroxylation is 2. The van der Waals surface area contributed by atoms with Crippen LogP contribution in [0.5, 0.6) is 0 Å². The molecule has 1 atom stereocenters. The van der Waals surface area contributed by atoms with Gasteiger partial charge in [-0.2, -0.15) is 0 Å². The van der Waals surface area contributed by atoms with Crippen LogP contribution < -0.4 is 0 Å². The summed E-state index contributed by atoms with van der Waals surface area (Å²) in [5.74, 6) is -1.04. The maximum atomic E-state index is 12.5. The number of benzene rings is 3. The molecule has 36 heavy (non-hydrogen) atoms. The first-order valence-corrected chi connectivity index (χ1v) is 12.6. The van der Waals surface area contributed by atoms with Gasteiger partial charge in [0.25, 0.3) is 0 Å². The Balaban J connectivity index is 1.79. The molecule has 1 N–H and O–H groups in total. The summed E-state index contributed by atoms with van der Waals surface area (Å²) < 4.78 is 8.71. The van der Waals surface area contributed by atoms with Crippen molar-refractivity contribution in [2.75, 3.05) is 0 Å². The second-order valence-electron chi connectivity index (χ2n) is 9.72. The van der Waals surface area contributed by atoms with Crippen molar-refractivity contribution < 1.29 is 14.6 Å². The molecule has 184 valence electrons. The lowest BCUT2D eigenvalue weighted by Gasteiger charge is -2.28. The topological polar surface area (TPSA) is 90.1 Å². The van der Waals surface area contributed by atoms with Gasteiger partial charge in [0.1, 0.15) is 10.5 Å². The summed E-state index contributed by atoms with van der Waals surface area (Å²) in [4.78, 5) is 17.4. The maximum Gasteiger partial charge on any atom is 0.337 e. The predicted octanol–water partition coefficient (Wildman–Crippen LogP) is 6.81. The molecule has 0 radical (unpaired) electrons. The van der Waals surface area contributed by atoms with Crippen LogP contribution in [-0.4, -0.2) is 36.7 Å². The summed E-state index contributed by atoms with van der Waals surface area (Å²) in [6, 6.07) is 15.3. The monoisotopic (exact) mass is 520 g/mol. The standard InChI is InChI=1S/C27H25ClN4O3S/c1-14-12-19-24(36-25(29-19)16-8-11-18-20(13-16)32(5)31-30-18)22(15-6-9-17(28)10-7-15)21(14)23(26(33)34)35-27(2,3)4/h6-13,23H,1-5H3,(H,33,34)/t23-/m0/s1. The maximum absolute atomic E-state index is 12.5. The lowest BCUT2D eigenvalue weighted by atomic mass is 9.91. The van der Waals surface area contributed by atoms with E-state index in [4.69, 9.17) is 21.3 Å². The Bertz CT molecular complexity index is 1620. The van der Waals surface area contributed by atoms with Gasteiger partial charge in [-0.15, -0.1) is 16.4 Å². The van der Waals surface area contributed by atoms with E-state index < -0.39 is 17.7 Å². The molecular formula is C27H25ClN4O3S. The molecule has 9 heteroatoms. The third-order valence-electron chi connectivity index (χ3n) is 5.88. The summed E-state index contributed by atoms with van der Waals surface area (Å²) in [6.07, 6.45) is -1.15. The van der Waals surface area contributed by atoms with E-state index in [-0.39, 0.29) is 0 Å². The van der Waals surface area contributed by atoms with Crippen LogP contribution in [-0.2, 0) is 16.6 Å². The van der Waals surface area contributed by atoms with E-state index in [1.807, 2.05) is 71.1 Å². The zero-order chi connectivity index (χ0) is 25.8. The van der Waals surface area contributed by atoms with Gasteiger partial charge in [-0.3, -0.25) is 0 Å². The van der Waals surface area contributed by atoms with Crippen LogP contribution in [0.3, 0.4) is 0 Å². The van der Waals surface area contributed by atoms with Gasteiger partial charge in [-0.05, 0) is 75.2 Å². The molecule has 0 aliphatic rings. The number of hydrogen-bond acceptors (Lipinski definition) is 6. The molecule has 5 rings (SSSR count). The lowest BCUT2D eigenvalue weighted by Crippen LogP contribution is -2.28. The first-order chi connectivity index (χ1) is 17.0. The number of carbonyl (C=O) groups is 1. The molecule has 2 aromatic heterocycles. The van der Waals surface area contributed by atoms with E-state index in [1.54, 1.807) is 16.8 Å². The van der Waals surface area contributed by atoms with Gasteiger partial charge >= 0.3 is 5.97 Å². The van der Waals surface area contributed by atoms with Gasteiger partial charge in [0.05, 0.1) is 21.3 Å². The Morgan fingerprint density at radius 1 is 1.08 bits per heavy atom. The molecule has 0 spiro atoms. The third kappa shape index (κ3) is 4.48. The first kappa shape index (κ1) is 24.4. The van der Waals surface area contributed by atoms with E-state index >= 15 is 0 Å². The van der Waals surface area contributed by atoms with Crippen LogP contribution in [0.4, 0.5) is 0 Å². The smallest absolute Gasteiger partial charge is 0.337 e. The minimum absolute atomic E-state index is 0.605. The Morgan fingerprint density at radius 3 is 2.44 bits per heavy atom. The Hall–Kier alpha value is -3.33. The van der Waals surface area contributed by atoms with Crippen LogP contribution in [0.25, 0.3) is 42.9 Å². The highest BCUT2D eigenvalue weighted by atomic mass is 35.5. The van der Waals surface area contributed by atoms with Crippen molar-refractivity contribution in [2.45, 2.75) is 39.4 Å². The van der Waals surface area contributed by atoms with Gasteiger partial charge in [-0.1, -0.05) is 28.9 Å². The van der Waals surface area contributed by atoms with Gasteiger partial charge in [0.2, 0.25) is 0 Å². The molecule has 0 amide bonds. The van der Waals surface area contributed by atoms with Gasteiger partial charge in [0.15, 0.2) is 6.10 Å². The molecule has 0 unspecified atom stereocenters. The quantitative estimate of drug-likeness (QED) is 0.273. The number of carboxylic acid groups (broad SMARTS) is 1. The number of aromatic nitrogens is 4. The number of halogens is 1. The van der Waals surface area contributed by atoms with Crippen molar-refractivity contribution in [3.8, 4) is 21.7 Å². The zero-order valence-electron chi connectivity index (χ0n) is 20.5. The van der Waals surface area contributed by atoms with E-state index in [2.05, 4.69) is 10.3 Å². The van der Waals surface area contributed by atoms with Crippen molar-refractivity contribution >= 4 is 50.2 Å². The highest BCUT2D eigenvalue weighted by molar-refractivity contribution is 7.22. The second kappa shape index (κ2) is 8.96. The Labute approximate surface area is 217 Å². The number of fused-ring (bicyclic) bond motifs is 2. The molecule has 5 aromatic rings. The number of thiazole rings is 1. The summed E-state index contributed by atoms with van der Waals surface area (Å²) in [5.41, 5.74) is 5.87. The van der Waals surface area contributed by atoms with Crippen molar-refractivity contribution in [1.82, 2.24) is 20.0 Å². The van der Waals surface area contributed by atoms with E-state index in [9.17, 15) is 9.90 Å². The van der Waals surface area contributed by atoms with Crippen molar-refractivity contribution in [1.29, 1.82) is 0 Å². The highest BCUT2D eigenvalue weighted by Crippen LogP contribution is 2.44. The number of aliphatic carboxylic acids is 1. The van der Waals surface area contributed by atoms with E-state index in [0.29, 0.717) is 10.6 Å². The first-order valence-electron chi connectivity index (χ1n) is 11.4. The molecule has 0 aliphatic heterocycles. The van der Waals surface area contributed by atoms with Crippen LogP contribution in [0.2, 0.25) is 5.02 Å². The molecule has 0 bridgehead atoms. The minimum Gasteiger partial charge on any atom is -0.479 e. The second-order valence-corrected chi connectivity index (χ2v) is 11.2. The molecule has 0 aliphatic carbocycles. The molecule has 0 saturated carbocycles. The van der Waals surface area contributed by atoms with Gasteiger partial charge in [-0.25, -0.2) is 14.5 Å². The van der Waals surface area contributed by atoms with Crippen LogP contribution >= 0.6 is 22.9 Å². The number of hydrogen-bond donors (Lipinski definition) is 1. The molecule has 0 fully saturated rings. The van der Waals surface area contributed by atoms with E-state index in [1.165, 1.54) is 11.3 Å². The lowest BCUT2D eigenvalue weighted by molar-refractivity contribution is -0.160. The number of carboxylic acids is 1. The van der Waals surface area contributed by atoms with Crippen LogP contribution in [0.1, 0.15) is 38.0 Å². The summed E-state index contributed by atoms with van der Waals surface area (Å²) in [6.45, 7) is 7.47. The van der Waals surface area contributed by atoms with Crippen LogP contribution in [0, 0.1) is 6.92 Å². The fourth-order valence-corrected chi connectivity index (χ4v) is 5.57.